The van der Waals surface area contributed by atoms with Gasteiger partial charge in [0.15, 0.2) is 0 Å². The number of H-pyrrole nitrogens is 1. The van der Waals surface area contributed by atoms with Gasteiger partial charge in [-0.25, -0.2) is 4.79 Å². The SMILES string of the molecule is CC.CCC1O[C@@H](n2cc(C)c(=O)[nH]c2=O)C[C@H]1O. The minimum absolute atomic E-state index is 0.251. The van der Waals surface area contributed by atoms with Gasteiger partial charge in [0.25, 0.3) is 5.56 Å². The molecule has 0 saturated carbocycles. The van der Waals surface area contributed by atoms with E-state index in [2.05, 4.69) is 4.98 Å². The van der Waals surface area contributed by atoms with Crippen molar-refractivity contribution in [1.82, 2.24) is 9.55 Å². The van der Waals surface area contributed by atoms with E-state index in [4.69, 9.17) is 4.74 Å². The molecule has 0 bridgehead atoms. The van der Waals surface area contributed by atoms with Crippen LogP contribution in [0.2, 0.25) is 0 Å². The van der Waals surface area contributed by atoms with Crippen LogP contribution in [0.15, 0.2) is 15.8 Å². The number of aromatic amines is 1. The number of aryl methyl sites for hydroxylation is 1. The maximum atomic E-state index is 11.6. The van der Waals surface area contributed by atoms with E-state index in [-0.39, 0.29) is 6.10 Å². The Hall–Kier alpha value is -1.40. The fourth-order valence-electron chi connectivity index (χ4n) is 2.05. The second-order valence-electron chi connectivity index (χ2n) is 4.32. The van der Waals surface area contributed by atoms with Gasteiger partial charge in [-0.1, -0.05) is 20.8 Å². The van der Waals surface area contributed by atoms with E-state index in [0.29, 0.717) is 18.4 Å². The Morgan fingerprint density at radius 3 is 2.63 bits per heavy atom. The zero-order valence-electron chi connectivity index (χ0n) is 11.8. The molecule has 0 aliphatic carbocycles. The first-order chi connectivity index (χ1) is 9.02. The van der Waals surface area contributed by atoms with E-state index in [1.807, 2.05) is 20.8 Å². The maximum absolute atomic E-state index is 11.6. The van der Waals surface area contributed by atoms with Crippen LogP contribution in [0, 0.1) is 6.92 Å². The Kier molecular flexibility index (Phi) is 5.50. The number of hydrogen-bond donors (Lipinski definition) is 2. The predicted molar refractivity (Wildman–Crippen MR) is 72.2 cm³/mol. The number of nitrogens with one attached hydrogen (secondary N) is 1. The molecule has 108 valence electrons. The number of hydrogen-bond acceptors (Lipinski definition) is 4. The molecule has 19 heavy (non-hydrogen) atoms. The van der Waals surface area contributed by atoms with Crippen molar-refractivity contribution in [3.8, 4) is 0 Å². The van der Waals surface area contributed by atoms with Crippen LogP contribution in [0.1, 0.15) is 45.4 Å². The standard InChI is InChI=1S/C11H16N2O4.C2H6/c1-3-8-7(14)4-9(17-8)13-5-6(2)10(15)12-11(13)16;1-2/h5,7-9,14H,3-4H2,1-2H3,(H,12,15,16);1-2H3/t7-,8?,9-;/m1./s1. The van der Waals surface area contributed by atoms with Crippen LogP contribution in [-0.4, -0.2) is 26.9 Å². The maximum Gasteiger partial charge on any atom is 0.330 e. The summed E-state index contributed by atoms with van der Waals surface area (Å²) in [6, 6.07) is 0. The Morgan fingerprint density at radius 2 is 2.11 bits per heavy atom. The molecule has 1 fully saturated rings. The molecular weight excluding hydrogens is 248 g/mol. The molecule has 1 aliphatic heterocycles. The van der Waals surface area contributed by atoms with Crippen LogP contribution in [0.3, 0.4) is 0 Å². The minimum Gasteiger partial charge on any atom is -0.390 e. The van der Waals surface area contributed by atoms with Crippen LogP contribution >= 0.6 is 0 Å². The third kappa shape index (κ3) is 3.33. The van der Waals surface area contributed by atoms with Crippen molar-refractivity contribution in [3.63, 3.8) is 0 Å². The number of aliphatic hydroxyl groups excluding tert-OH is 1. The Morgan fingerprint density at radius 1 is 1.47 bits per heavy atom. The van der Waals surface area contributed by atoms with E-state index in [9.17, 15) is 14.7 Å². The summed E-state index contributed by atoms with van der Waals surface area (Å²) in [4.78, 5) is 25.1. The van der Waals surface area contributed by atoms with Crippen LogP contribution in [-0.2, 0) is 4.74 Å². The molecule has 1 saturated heterocycles. The number of rotatable bonds is 2. The minimum atomic E-state index is -0.566. The summed E-state index contributed by atoms with van der Waals surface area (Å²) >= 11 is 0. The average Bonchev–Trinajstić information content (AvgIpc) is 2.77. The van der Waals surface area contributed by atoms with Gasteiger partial charge in [-0.3, -0.25) is 14.3 Å². The van der Waals surface area contributed by atoms with Gasteiger partial charge >= 0.3 is 5.69 Å². The zero-order chi connectivity index (χ0) is 14.6. The molecule has 0 spiro atoms. The van der Waals surface area contributed by atoms with E-state index in [1.54, 1.807) is 6.92 Å². The van der Waals surface area contributed by atoms with E-state index in [1.165, 1.54) is 10.8 Å². The van der Waals surface area contributed by atoms with Crippen molar-refractivity contribution in [1.29, 1.82) is 0 Å². The average molecular weight is 270 g/mol. The fraction of sp³-hybridized carbons (Fsp3) is 0.692. The van der Waals surface area contributed by atoms with Gasteiger partial charge in [0.05, 0.1) is 12.2 Å². The number of aromatic nitrogens is 2. The van der Waals surface area contributed by atoms with Crippen LogP contribution in [0.4, 0.5) is 0 Å². The molecule has 1 aliphatic rings. The molecule has 3 atom stereocenters. The quantitative estimate of drug-likeness (QED) is 0.837. The van der Waals surface area contributed by atoms with Gasteiger partial charge in [-0.05, 0) is 13.3 Å². The predicted octanol–water partition coefficient (Wildman–Crippen LogP) is 0.930. The van der Waals surface area contributed by atoms with Crippen molar-refractivity contribution in [2.45, 2.75) is 59.0 Å². The lowest BCUT2D eigenvalue weighted by molar-refractivity contribution is -0.0218. The molecule has 2 rings (SSSR count). The third-order valence-electron chi connectivity index (χ3n) is 3.06. The molecule has 0 radical (unpaired) electrons. The van der Waals surface area contributed by atoms with E-state index in [0.717, 1.165) is 0 Å². The summed E-state index contributed by atoms with van der Waals surface area (Å²) in [5, 5.41) is 9.72. The number of aliphatic hydroxyl groups is 1. The van der Waals surface area contributed by atoms with E-state index >= 15 is 0 Å². The highest BCUT2D eigenvalue weighted by Crippen LogP contribution is 2.28. The highest BCUT2D eigenvalue weighted by Gasteiger charge is 2.34. The highest BCUT2D eigenvalue weighted by molar-refractivity contribution is 5.01. The van der Waals surface area contributed by atoms with Crippen LogP contribution in [0.25, 0.3) is 0 Å². The van der Waals surface area contributed by atoms with Crippen molar-refractivity contribution in [2.75, 3.05) is 0 Å². The van der Waals surface area contributed by atoms with Gasteiger partial charge in [-0.15, -0.1) is 0 Å². The van der Waals surface area contributed by atoms with Crippen molar-refractivity contribution in [2.24, 2.45) is 0 Å². The first kappa shape index (κ1) is 15.7. The van der Waals surface area contributed by atoms with Gasteiger partial charge in [0.2, 0.25) is 0 Å². The summed E-state index contributed by atoms with van der Waals surface area (Å²) in [5.74, 6) is 0. The number of nitrogens with zero attached hydrogens (tertiary/aromatic N) is 1. The van der Waals surface area contributed by atoms with Crippen LogP contribution in [0.5, 0.6) is 0 Å². The number of ether oxygens (including phenoxy) is 1. The van der Waals surface area contributed by atoms with Gasteiger partial charge in [0.1, 0.15) is 6.23 Å². The van der Waals surface area contributed by atoms with Crippen LogP contribution < -0.4 is 11.2 Å². The first-order valence-electron chi connectivity index (χ1n) is 6.68. The van der Waals surface area contributed by atoms with Crippen molar-refractivity contribution >= 4 is 0 Å². The Labute approximate surface area is 112 Å². The molecule has 2 N–H and O–H groups in total. The molecular formula is C13H22N2O4. The molecule has 1 aromatic heterocycles. The van der Waals surface area contributed by atoms with Gasteiger partial charge in [-0.2, -0.15) is 0 Å². The molecule has 0 aromatic carbocycles. The van der Waals surface area contributed by atoms with Crippen molar-refractivity contribution < 1.29 is 9.84 Å². The Balaban J connectivity index is 0.000000861. The molecule has 6 nitrogen and oxygen atoms in total. The van der Waals surface area contributed by atoms with Gasteiger partial charge in [0, 0.05) is 18.2 Å². The van der Waals surface area contributed by atoms with Crippen molar-refractivity contribution in [3.05, 3.63) is 32.6 Å². The fourth-order valence-corrected chi connectivity index (χ4v) is 2.05. The van der Waals surface area contributed by atoms with Gasteiger partial charge < -0.3 is 9.84 Å². The molecule has 1 unspecified atom stereocenters. The summed E-state index contributed by atoms with van der Waals surface area (Å²) < 4.78 is 6.90. The topological polar surface area (TPSA) is 84.3 Å². The second kappa shape index (κ2) is 6.68. The highest BCUT2D eigenvalue weighted by atomic mass is 16.5. The summed E-state index contributed by atoms with van der Waals surface area (Å²) in [7, 11) is 0. The largest absolute Gasteiger partial charge is 0.390 e. The summed E-state index contributed by atoms with van der Waals surface area (Å²) in [5.41, 5.74) is -0.450. The van der Waals surface area contributed by atoms with E-state index < -0.39 is 23.6 Å². The molecule has 6 heteroatoms. The lowest BCUT2D eigenvalue weighted by Gasteiger charge is -2.14. The normalized spacial score (nSPS) is 25.8. The zero-order valence-corrected chi connectivity index (χ0v) is 11.8. The third-order valence-corrected chi connectivity index (χ3v) is 3.06. The summed E-state index contributed by atoms with van der Waals surface area (Å²) in [6.07, 6.45) is 1.20. The summed E-state index contributed by atoms with van der Waals surface area (Å²) in [6.45, 7) is 7.54. The molecule has 1 aromatic rings. The first-order valence-corrected chi connectivity index (χ1v) is 6.68. The lowest BCUT2D eigenvalue weighted by atomic mass is 10.1. The lowest BCUT2D eigenvalue weighted by Crippen LogP contribution is -2.33. The Bertz CT molecular complexity index is 520. The molecule has 2 heterocycles. The smallest absolute Gasteiger partial charge is 0.330 e. The monoisotopic (exact) mass is 270 g/mol. The second-order valence-corrected chi connectivity index (χ2v) is 4.32. The molecule has 0 amide bonds.